The van der Waals surface area contributed by atoms with E-state index in [1.54, 1.807) is 0 Å². The SMILES string of the molecule is Cc1ccc(C(Cl)c2ccc(C(C)(C)C)cc2)c(C)c1. The molecule has 2 aromatic rings. The minimum atomic E-state index is -0.0791. The molecule has 0 bridgehead atoms. The zero-order valence-electron chi connectivity index (χ0n) is 13.0. The van der Waals surface area contributed by atoms with Crippen LogP contribution in [0.5, 0.6) is 0 Å². The Morgan fingerprint density at radius 1 is 0.900 bits per heavy atom. The van der Waals surface area contributed by atoms with Crippen molar-refractivity contribution < 1.29 is 0 Å². The first kappa shape index (κ1) is 15.1. The number of hydrogen-bond donors (Lipinski definition) is 0. The molecule has 1 atom stereocenters. The van der Waals surface area contributed by atoms with Crippen LogP contribution in [-0.2, 0) is 5.41 Å². The van der Waals surface area contributed by atoms with Crippen LogP contribution in [0.15, 0.2) is 42.5 Å². The summed E-state index contributed by atoms with van der Waals surface area (Å²) >= 11 is 6.66. The van der Waals surface area contributed by atoms with E-state index in [0.717, 1.165) is 5.56 Å². The van der Waals surface area contributed by atoms with Gasteiger partial charge in [-0.1, -0.05) is 68.8 Å². The maximum absolute atomic E-state index is 6.66. The lowest BCUT2D eigenvalue weighted by atomic mass is 9.86. The van der Waals surface area contributed by atoms with Gasteiger partial charge in [0.2, 0.25) is 0 Å². The van der Waals surface area contributed by atoms with Crippen LogP contribution in [0.4, 0.5) is 0 Å². The van der Waals surface area contributed by atoms with Gasteiger partial charge in [-0.3, -0.25) is 0 Å². The van der Waals surface area contributed by atoms with Crippen molar-refractivity contribution in [1.82, 2.24) is 0 Å². The van der Waals surface area contributed by atoms with Crippen molar-refractivity contribution in [2.24, 2.45) is 0 Å². The predicted molar refractivity (Wildman–Crippen MR) is 88.8 cm³/mol. The molecule has 2 aromatic carbocycles. The Hall–Kier alpha value is -1.27. The van der Waals surface area contributed by atoms with E-state index in [1.807, 2.05) is 0 Å². The van der Waals surface area contributed by atoms with E-state index < -0.39 is 0 Å². The molecule has 0 spiro atoms. The summed E-state index contributed by atoms with van der Waals surface area (Å²) < 4.78 is 0. The Labute approximate surface area is 127 Å². The number of rotatable bonds is 2. The van der Waals surface area contributed by atoms with Crippen LogP contribution in [0.3, 0.4) is 0 Å². The summed E-state index contributed by atoms with van der Waals surface area (Å²) in [6, 6.07) is 15.1. The molecule has 0 fully saturated rings. The number of benzene rings is 2. The first-order valence-corrected chi connectivity index (χ1v) is 7.54. The highest BCUT2D eigenvalue weighted by Gasteiger charge is 2.16. The zero-order chi connectivity index (χ0) is 14.9. The van der Waals surface area contributed by atoms with Gasteiger partial charge in [0.25, 0.3) is 0 Å². The maximum atomic E-state index is 6.66. The Kier molecular flexibility index (Phi) is 4.25. The maximum Gasteiger partial charge on any atom is 0.0838 e. The van der Waals surface area contributed by atoms with E-state index in [9.17, 15) is 0 Å². The fourth-order valence-corrected chi connectivity index (χ4v) is 2.83. The van der Waals surface area contributed by atoms with Crippen molar-refractivity contribution >= 4 is 11.6 Å². The van der Waals surface area contributed by atoms with Crippen molar-refractivity contribution in [2.75, 3.05) is 0 Å². The van der Waals surface area contributed by atoms with E-state index in [2.05, 4.69) is 77.1 Å². The summed E-state index contributed by atoms with van der Waals surface area (Å²) in [4.78, 5) is 0. The third-order valence-electron chi connectivity index (χ3n) is 3.77. The quantitative estimate of drug-likeness (QED) is 0.600. The van der Waals surface area contributed by atoms with E-state index in [1.165, 1.54) is 22.3 Å². The van der Waals surface area contributed by atoms with Crippen LogP contribution in [0.2, 0.25) is 0 Å². The number of alkyl halides is 1. The zero-order valence-corrected chi connectivity index (χ0v) is 13.8. The summed E-state index contributed by atoms with van der Waals surface area (Å²) in [5.74, 6) is 0. The number of aryl methyl sites for hydroxylation is 2. The monoisotopic (exact) mass is 286 g/mol. The van der Waals surface area contributed by atoms with Crippen molar-refractivity contribution in [3.05, 3.63) is 70.3 Å². The molecular formula is C19H23Cl. The highest BCUT2D eigenvalue weighted by Crippen LogP contribution is 2.32. The van der Waals surface area contributed by atoms with Gasteiger partial charge in [-0.2, -0.15) is 0 Å². The molecule has 0 radical (unpaired) electrons. The largest absolute Gasteiger partial charge is 0.113 e. The normalized spacial score (nSPS) is 13.3. The minimum Gasteiger partial charge on any atom is -0.113 e. The molecule has 20 heavy (non-hydrogen) atoms. The Bertz CT molecular complexity index is 588. The molecule has 1 unspecified atom stereocenters. The molecular weight excluding hydrogens is 264 g/mol. The van der Waals surface area contributed by atoms with Crippen LogP contribution in [0.1, 0.15) is 54.0 Å². The van der Waals surface area contributed by atoms with Crippen LogP contribution >= 0.6 is 11.6 Å². The van der Waals surface area contributed by atoms with Crippen molar-refractivity contribution in [3.63, 3.8) is 0 Å². The highest BCUT2D eigenvalue weighted by atomic mass is 35.5. The molecule has 1 heteroatoms. The average molecular weight is 287 g/mol. The van der Waals surface area contributed by atoms with Gasteiger partial charge in [0.05, 0.1) is 5.38 Å². The standard InChI is InChI=1S/C19H23Cl/c1-13-6-11-17(14(2)12-13)18(20)15-7-9-16(10-8-15)19(3,4)5/h6-12,18H,1-5H3. The summed E-state index contributed by atoms with van der Waals surface area (Å²) in [6.45, 7) is 10.9. The van der Waals surface area contributed by atoms with Gasteiger partial charge in [-0.25, -0.2) is 0 Å². The summed E-state index contributed by atoms with van der Waals surface area (Å²) in [7, 11) is 0. The Morgan fingerprint density at radius 2 is 1.50 bits per heavy atom. The second kappa shape index (κ2) is 5.61. The highest BCUT2D eigenvalue weighted by molar-refractivity contribution is 6.22. The summed E-state index contributed by atoms with van der Waals surface area (Å²) in [5, 5.41) is -0.0791. The second-order valence-corrected chi connectivity index (χ2v) is 7.03. The minimum absolute atomic E-state index is 0.0791. The van der Waals surface area contributed by atoms with Crippen molar-refractivity contribution in [3.8, 4) is 0 Å². The molecule has 0 nitrogen and oxygen atoms in total. The lowest BCUT2D eigenvalue weighted by Crippen LogP contribution is -2.10. The van der Waals surface area contributed by atoms with Gasteiger partial charge in [0.1, 0.15) is 0 Å². The van der Waals surface area contributed by atoms with E-state index in [4.69, 9.17) is 11.6 Å². The Morgan fingerprint density at radius 3 is 2.00 bits per heavy atom. The average Bonchev–Trinajstić information content (AvgIpc) is 2.37. The third kappa shape index (κ3) is 3.24. The fourth-order valence-electron chi connectivity index (χ4n) is 2.44. The molecule has 0 saturated heterocycles. The topological polar surface area (TPSA) is 0 Å². The van der Waals surface area contributed by atoms with Crippen LogP contribution in [-0.4, -0.2) is 0 Å². The molecule has 0 aromatic heterocycles. The summed E-state index contributed by atoms with van der Waals surface area (Å²) in [5.41, 5.74) is 6.40. The summed E-state index contributed by atoms with van der Waals surface area (Å²) in [6.07, 6.45) is 0. The number of halogens is 1. The molecule has 0 aliphatic rings. The van der Waals surface area contributed by atoms with E-state index >= 15 is 0 Å². The fraction of sp³-hybridized carbons (Fsp3) is 0.368. The number of hydrogen-bond acceptors (Lipinski definition) is 0. The molecule has 0 saturated carbocycles. The lowest BCUT2D eigenvalue weighted by Gasteiger charge is -2.20. The van der Waals surface area contributed by atoms with Crippen molar-refractivity contribution in [2.45, 2.75) is 45.4 Å². The van der Waals surface area contributed by atoms with Crippen LogP contribution in [0, 0.1) is 13.8 Å². The molecule has 106 valence electrons. The van der Waals surface area contributed by atoms with Crippen LogP contribution < -0.4 is 0 Å². The van der Waals surface area contributed by atoms with Crippen LogP contribution in [0.25, 0.3) is 0 Å². The van der Waals surface area contributed by atoms with Crippen molar-refractivity contribution in [1.29, 1.82) is 0 Å². The van der Waals surface area contributed by atoms with Gasteiger partial charge in [0.15, 0.2) is 0 Å². The van der Waals surface area contributed by atoms with Gasteiger partial charge in [-0.05, 0) is 41.5 Å². The third-order valence-corrected chi connectivity index (χ3v) is 4.25. The lowest BCUT2D eigenvalue weighted by molar-refractivity contribution is 0.590. The van der Waals surface area contributed by atoms with E-state index in [0.29, 0.717) is 0 Å². The molecule has 0 aliphatic heterocycles. The smallest absolute Gasteiger partial charge is 0.0838 e. The molecule has 0 amide bonds. The van der Waals surface area contributed by atoms with Gasteiger partial charge < -0.3 is 0 Å². The molecule has 0 N–H and O–H groups in total. The van der Waals surface area contributed by atoms with E-state index in [-0.39, 0.29) is 10.8 Å². The molecule has 2 rings (SSSR count). The first-order chi connectivity index (χ1) is 9.29. The Balaban J connectivity index is 2.31. The molecule has 0 aliphatic carbocycles. The van der Waals surface area contributed by atoms with Gasteiger partial charge >= 0.3 is 0 Å². The second-order valence-electron chi connectivity index (χ2n) is 6.59. The predicted octanol–water partition coefficient (Wildman–Crippen LogP) is 5.93. The first-order valence-electron chi connectivity index (χ1n) is 7.10. The molecule has 0 heterocycles. The van der Waals surface area contributed by atoms with Gasteiger partial charge in [-0.15, -0.1) is 11.6 Å². The van der Waals surface area contributed by atoms with Gasteiger partial charge in [0, 0.05) is 0 Å².